The molecular formula is C28H26Cl2N2O4. The summed E-state index contributed by atoms with van der Waals surface area (Å²) in [6.07, 6.45) is 0. The summed E-state index contributed by atoms with van der Waals surface area (Å²) in [7, 11) is 1.42. The van der Waals surface area contributed by atoms with Gasteiger partial charge in [-0.05, 0) is 47.4 Å². The fraction of sp³-hybridized carbons (Fsp3) is 0.250. The van der Waals surface area contributed by atoms with E-state index in [-0.39, 0.29) is 51.7 Å². The van der Waals surface area contributed by atoms with Crippen LogP contribution in [0.1, 0.15) is 57.4 Å². The number of amides is 3. The van der Waals surface area contributed by atoms with Gasteiger partial charge in [-0.25, -0.2) is 0 Å². The van der Waals surface area contributed by atoms with Crippen molar-refractivity contribution in [1.29, 1.82) is 0 Å². The monoisotopic (exact) mass is 524 g/mol. The van der Waals surface area contributed by atoms with Crippen LogP contribution in [-0.4, -0.2) is 42.8 Å². The van der Waals surface area contributed by atoms with E-state index in [0.29, 0.717) is 16.8 Å². The number of benzene rings is 3. The number of hydrogen-bond acceptors (Lipinski definition) is 4. The Morgan fingerprint density at radius 1 is 0.944 bits per heavy atom. The second kappa shape index (κ2) is 9.96. The largest absolute Gasteiger partial charge is 0.494 e. The quantitative estimate of drug-likeness (QED) is 0.357. The number of carbonyl (C=O) groups excluding carboxylic acids is 3. The van der Waals surface area contributed by atoms with Gasteiger partial charge in [0.15, 0.2) is 0 Å². The molecule has 3 aromatic carbocycles. The topological polar surface area (TPSA) is 66.9 Å². The van der Waals surface area contributed by atoms with Crippen LogP contribution in [0.4, 0.5) is 5.69 Å². The molecular weight excluding hydrogens is 499 g/mol. The molecule has 8 heteroatoms. The summed E-state index contributed by atoms with van der Waals surface area (Å²) >= 11 is 12.5. The molecule has 1 aliphatic heterocycles. The van der Waals surface area contributed by atoms with Crippen LogP contribution in [0.25, 0.3) is 0 Å². The van der Waals surface area contributed by atoms with Crippen molar-refractivity contribution in [3.63, 3.8) is 0 Å². The minimum Gasteiger partial charge on any atom is -0.494 e. The Bertz CT molecular complexity index is 1310. The van der Waals surface area contributed by atoms with E-state index in [1.165, 1.54) is 24.1 Å². The normalized spacial score (nSPS) is 13.1. The Hall–Kier alpha value is -3.35. The van der Waals surface area contributed by atoms with E-state index in [1.54, 1.807) is 24.3 Å². The van der Waals surface area contributed by atoms with E-state index >= 15 is 0 Å². The zero-order chi connectivity index (χ0) is 26.2. The molecule has 0 spiro atoms. The summed E-state index contributed by atoms with van der Waals surface area (Å²) in [6, 6.07) is 17.3. The number of halogens is 2. The number of nitrogens with zero attached hydrogens (tertiary/aromatic N) is 2. The smallest absolute Gasteiger partial charge is 0.262 e. The van der Waals surface area contributed by atoms with Crippen molar-refractivity contribution in [1.82, 2.24) is 4.90 Å². The molecule has 0 saturated carbocycles. The maximum atomic E-state index is 13.8. The zero-order valence-electron chi connectivity index (χ0n) is 20.5. The van der Waals surface area contributed by atoms with Crippen LogP contribution in [-0.2, 0) is 5.41 Å². The molecule has 4 rings (SSSR count). The first-order valence-corrected chi connectivity index (χ1v) is 12.2. The van der Waals surface area contributed by atoms with Crippen molar-refractivity contribution in [3.05, 3.63) is 93.0 Å². The van der Waals surface area contributed by atoms with Crippen LogP contribution < -0.4 is 9.64 Å². The van der Waals surface area contributed by atoms with Crippen LogP contribution in [0.2, 0.25) is 10.0 Å². The van der Waals surface area contributed by atoms with Crippen molar-refractivity contribution in [2.24, 2.45) is 0 Å². The number of carbonyl (C=O) groups is 3. The molecule has 3 amide bonds. The number of anilines is 1. The van der Waals surface area contributed by atoms with Crippen LogP contribution >= 0.6 is 23.2 Å². The lowest BCUT2D eigenvalue weighted by atomic mass is 9.87. The van der Waals surface area contributed by atoms with E-state index in [4.69, 9.17) is 27.9 Å². The van der Waals surface area contributed by atoms with Crippen molar-refractivity contribution >= 4 is 46.6 Å². The molecule has 36 heavy (non-hydrogen) atoms. The van der Waals surface area contributed by atoms with Gasteiger partial charge in [-0.1, -0.05) is 68.2 Å². The third kappa shape index (κ3) is 4.84. The highest BCUT2D eigenvalue weighted by atomic mass is 35.5. The number of rotatable bonds is 6. The van der Waals surface area contributed by atoms with Gasteiger partial charge in [-0.15, -0.1) is 0 Å². The van der Waals surface area contributed by atoms with Crippen molar-refractivity contribution in [3.8, 4) is 5.75 Å². The van der Waals surface area contributed by atoms with E-state index in [1.807, 2.05) is 24.3 Å². The minimum atomic E-state index is -0.420. The highest BCUT2D eigenvalue weighted by molar-refractivity contribution is 6.36. The van der Waals surface area contributed by atoms with Gasteiger partial charge in [0.25, 0.3) is 17.7 Å². The van der Waals surface area contributed by atoms with Gasteiger partial charge in [0, 0.05) is 23.8 Å². The van der Waals surface area contributed by atoms with E-state index < -0.39 is 5.91 Å². The summed E-state index contributed by atoms with van der Waals surface area (Å²) in [4.78, 5) is 42.3. The van der Waals surface area contributed by atoms with Gasteiger partial charge < -0.3 is 9.64 Å². The Labute approximate surface area is 220 Å². The second-order valence-corrected chi connectivity index (χ2v) is 10.4. The minimum absolute atomic E-state index is 0.00965. The maximum Gasteiger partial charge on any atom is 0.262 e. The zero-order valence-corrected chi connectivity index (χ0v) is 22.0. The van der Waals surface area contributed by atoms with E-state index in [2.05, 4.69) is 20.8 Å². The van der Waals surface area contributed by atoms with Gasteiger partial charge in [-0.2, -0.15) is 0 Å². The van der Waals surface area contributed by atoms with Gasteiger partial charge in [0.1, 0.15) is 5.75 Å². The third-order valence-electron chi connectivity index (χ3n) is 6.16. The standard InChI is InChI=1S/C28H26Cl2N2O4/c1-28(2,3)17-9-11-19(12-10-17)31(27(35)22-15-18(29)16-23(30)24(22)36-4)13-14-32-25(33)20-7-5-6-8-21(20)26(32)34/h5-12,15-16H,13-14H2,1-4H3. The predicted octanol–water partition coefficient (Wildman–Crippen LogP) is 6.24. The number of ether oxygens (including phenoxy) is 1. The average Bonchev–Trinajstić information content (AvgIpc) is 3.08. The predicted molar refractivity (Wildman–Crippen MR) is 142 cm³/mol. The summed E-state index contributed by atoms with van der Waals surface area (Å²) in [5.74, 6) is -0.983. The molecule has 3 aromatic rings. The molecule has 0 saturated heterocycles. The molecule has 186 valence electrons. The molecule has 0 aliphatic carbocycles. The molecule has 0 atom stereocenters. The highest BCUT2D eigenvalue weighted by Gasteiger charge is 2.36. The molecule has 1 heterocycles. The first-order chi connectivity index (χ1) is 17.0. The van der Waals surface area contributed by atoms with Crippen LogP contribution in [0.5, 0.6) is 5.75 Å². The summed E-state index contributed by atoms with van der Waals surface area (Å²) in [6.45, 7) is 6.38. The van der Waals surface area contributed by atoms with Gasteiger partial charge in [0.2, 0.25) is 0 Å². The van der Waals surface area contributed by atoms with Gasteiger partial charge in [-0.3, -0.25) is 19.3 Å². The van der Waals surface area contributed by atoms with Gasteiger partial charge in [0.05, 0.1) is 28.8 Å². The Balaban J connectivity index is 1.70. The molecule has 0 aromatic heterocycles. The average molecular weight is 525 g/mol. The molecule has 0 unspecified atom stereocenters. The molecule has 0 bridgehead atoms. The second-order valence-electron chi connectivity index (χ2n) is 9.53. The van der Waals surface area contributed by atoms with Crippen molar-refractivity contribution < 1.29 is 19.1 Å². The highest BCUT2D eigenvalue weighted by Crippen LogP contribution is 2.34. The number of methoxy groups -OCH3 is 1. The number of imide groups is 1. The van der Waals surface area contributed by atoms with Crippen LogP contribution in [0.15, 0.2) is 60.7 Å². The first kappa shape index (κ1) is 25.7. The van der Waals surface area contributed by atoms with Gasteiger partial charge >= 0.3 is 0 Å². The lowest BCUT2D eigenvalue weighted by Gasteiger charge is -2.27. The SMILES string of the molecule is COc1c(Cl)cc(Cl)cc1C(=O)N(CCN1C(=O)c2ccccc2C1=O)c1ccc(C(C)(C)C)cc1. The fourth-order valence-corrected chi connectivity index (χ4v) is 4.77. The first-order valence-electron chi connectivity index (χ1n) is 11.4. The Morgan fingerprint density at radius 2 is 1.53 bits per heavy atom. The molecule has 6 nitrogen and oxygen atoms in total. The van der Waals surface area contributed by atoms with Crippen LogP contribution in [0, 0.1) is 0 Å². The molecule has 0 radical (unpaired) electrons. The summed E-state index contributed by atoms with van der Waals surface area (Å²) in [5.41, 5.74) is 2.52. The van der Waals surface area contributed by atoms with Crippen molar-refractivity contribution in [2.45, 2.75) is 26.2 Å². The number of hydrogen-bond donors (Lipinski definition) is 0. The van der Waals surface area contributed by atoms with Crippen molar-refractivity contribution in [2.75, 3.05) is 25.1 Å². The van der Waals surface area contributed by atoms with E-state index in [9.17, 15) is 14.4 Å². The summed E-state index contributed by atoms with van der Waals surface area (Å²) in [5, 5.41) is 0.490. The van der Waals surface area contributed by atoms with Crippen LogP contribution in [0.3, 0.4) is 0 Å². The molecule has 0 N–H and O–H groups in total. The molecule has 0 fully saturated rings. The summed E-state index contributed by atoms with van der Waals surface area (Å²) < 4.78 is 5.40. The maximum absolute atomic E-state index is 13.8. The lowest BCUT2D eigenvalue weighted by Crippen LogP contribution is -2.41. The Kier molecular flexibility index (Phi) is 7.12. The van der Waals surface area contributed by atoms with E-state index in [0.717, 1.165) is 10.5 Å². The third-order valence-corrected chi connectivity index (χ3v) is 6.66. The number of fused-ring (bicyclic) bond motifs is 1. The Morgan fingerprint density at radius 3 is 2.06 bits per heavy atom. The fourth-order valence-electron chi connectivity index (χ4n) is 4.20. The lowest BCUT2D eigenvalue weighted by molar-refractivity contribution is 0.0654. The molecule has 1 aliphatic rings.